The SMILES string of the molecule is CCCCCCC(=C(O)C(O)C(O)C(O)C(O)CO)c1ccccc1. The Balaban J connectivity index is 3.02. The molecule has 0 aromatic heterocycles. The predicted octanol–water partition coefficient (Wildman–Crippen LogP) is 1.36. The van der Waals surface area contributed by atoms with E-state index in [4.69, 9.17) is 5.11 Å². The molecule has 4 atom stereocenters. The maximum absolute atomic E-state index is 10.5. The maximum Gasteiger partial charge on any atom is 0.139 e. The molecule has 142 valence electrons. The van der Waals surface area contributed by atoms with Crippen molar-refractivity contribution >= 4 is 5.57 Å². The van der Waals surface area contributed by atoms with Crippen molar-refractivity contribution in [2.45, 2.75) is 63.4 Å². The molecule has 0 spiro atoms. The van der Waals surface area contributed by atoms with Gasteiger partial charge in [-0.3, -0.25) is 0 Å². The molecule has 0 saturated heterocycles. The van der Waals surface area contributed by atoms with Crippen molar-refractivity contribution in [3.63, 3.8) is 0 Å². The third-order valence-corrected chi connectivity index (χ3v) is 4.25. The summed E-state index contributed by atoms with van der Waals surface area (Å²) in [5, 5.41) is 58.7. The normalized spacial score (nSPS) is 17.5. The molecule has 0 radical (unpaired) electrons. The summed E-state index contributed by atoms with van der Waals surface area (Å²) < 4.78 is 0. The van der Waals surface area contributed by atoms with Crippen LogP contribution in [0.3, 0.4) is 0 Å². The summed E-state index contributed by atoms with van der Waals surface area (Å²) in [6.07, 6.45) is -2.54. The lowest BCUT2D eigenvalue weighted by atomic mass is 9.93. The standard InChI is InChI=1S/C19H30O6/c1-2-3-4-8-11-14(13-9-6-5-7-10-13)16(22)18(24)19(25)17(23)15(21)12-20/h5-7,9-10,15,17-25H,2-4,8,11-12H2,1H3. The molecule has 0 aliphatic rings. The van der Waals surface area contributed by atoms with E-state index in [1.165, 1.54) is 0 Å². The van der Waals surface area contributed by atoms with Gasteiger partial charge < -0.3 is 30.6 Å². The van der Waals surface area contributed by atoms with Crippen LogP contribution in [0.15, 0.2) is 36.1 Å². The van der Waals surface area contributed by atoms with Crippen LogP contribution in [0.25, 0.3) is 5.57 Å². The molecule has 0 saturated carbocycles. The molecule has 6 N–H and O–H groups in total. The molecule has 0 fully saturated rings. The zero-order valence-corrected chi connectivity index (χ0v) is 14.6. The van der Waals surface area contributed by atoms with E-state index < -0.39 is 36.8 Å². The summed E-state index contributed by atoms with van der Waals surface area (Å²) in [6, 6.07) is 9.04. The van der Waals surface area contributed by atoms with E-state index in [0.29, 0.717) is 12.0 Å². The van der Waals surface area contributed by atoms with Gasteiger partial charge in [0.25, 0.3) is 0 Å². The summed E-state index contributed by atoms with van der Waals surface area (Å²) >= 11 is 0. The highest BCUT2D eigenvalue weighted by molar-refractivity contribution is 5.67. The maximum atomic E-state index is 10.5. The fraction of sp³-hybridized carbons (Fsp3) is 0.579. The van der Waals surface area contributed by atoms with E-state index in [2.05, 4.69) is 6.92 Å². The summed E-state index contributed by atoms with van der Waals surface area (Å²) in [5.41, 5.74) is 1.22. The van der Waals surface area contributed by atoms with Crippen molar-refractivity contribution in [1.29, 1.82) is 0 Å². The first kappa shape index (κ1) is 21.6. The van der Waals surface area contributed by atoms with Gasteiger partial charge in [-0.05, 0) is 24.0 Å². The minimum atomic E-state index is -1.82. The minimum absolute atomic E-state index is 0.431. The van der Waals surface area contributed by atoms with Crippen molar-refractivity contribution in [2.24, 2.45) is 0 Å². The van der Waals surface area contributed by atoms with Gasteiger partial charge in [0, 0.05) is 0 Å². The van der Waals surface area contributed by atoms with Gasteiger partial charge in [-0.25, -0.2) is 0 Å². The molecular weight excluding hydrogens is 324 g/mol. The fourth-order valence-electron chi connectivity index (χ4n) is 2.65. The molecule has 0 bridgehead atoms. The number of rotatable bonds is 11. The average Bonchev–Trinajstić information content (AvgIpc) is 2.65. The first-order valence-electron chi connectivity index (χ1n) is 8.74. The van der Waals surface area contributed by atoms with Gasteiger partial charge in [0.05, 0.1) is 6.61 Å². The molecule has 0 aliphatic carbocycles. The first-order chi connectivity index (χ1) is 11.9. The molecule has 25 heavy (non-hydrogen) atoms. The van der Waals surface area contributed by atoms with Crippen LogP contribution < -0.4 is 0 Å². The third kappa shape index (κ3) is 6.41. The summed E-state index contributed by atoms with van der Waals surface area (Å²) in [4.78, 5) is 0. The lowest BCUT2D eigenvalue weighted by Gasteiger charge is -2.26. The molecule has 1 aromatic carbocycles. The van der Waals surface area contributed by atoms with Crippen molar-refractivity contribution in [2.75, 3.05) is 6.61 Å². The highest BCUT2D eigenvalue weighted by Crippen LogP contribution is 2.27. The van der Waals surface area contributed by atoms with Crippen LogP contribution in [0.4, 0.5) is 0 Å². The number of benzene rings is 1. The van der Waals surface area contributed by atoms with E-state index in [-0.39, 0.29) is 0 Å². The van der Waals surface area contributed by atoms with Gasteiger partial charge in [0.15, 0.2) is 0 Å². The van der Waals surface area contributed by atoms with E-state index >= 15 is 0 Å². The molecule has 0 amide bonds. The largest absolute Gasteiger partial charge is 0.509 e. The van der Waals surface area contributed by atoms with Crippen molar-refractivity contribution in [3.05, 3.63) is 41.7 Å². The van der Waals surface area contributed by atoms with E-state index in [1.54, 1.807) is 12.1 Å². The first-order valence-corrected chi connectivity index (χ1v) is 8.74. The number of aliphatic hydroxyl groups excluding tert-OH is 6. The Kier molecular flexibility index (Phi) is 9.70. The molecule has 6 nitrogen and oxygen atoms in total. The summed E-state index contributed by atoms with van der Waals surface area (Å²) in [5.74, 6) is -0.431. The molecule has 0 heterocycles. The molecule has 1 rings (SSSR count). The molecular formula is C19H30O6. The van der Waals surface area contributed by atoms with Crippen LogP contribution in [0, 0.1) is 0 Å². The van der Waals surface area contributed by atoms with Crippen LogP contribution in [0.1, 0.15) is 44.6 Å². The lowest BCUT2D eigenvalue weighted by Crippen LogP contribution is -2.46. The Morgan fingerprint density at radius 1 is 0.920 bits per heavy atom. The van der Waals surface area contributed by atoms with Crippen molar-refractivity contribution < 1.29 is 30.6 Å². The number of hydrogen-bond acceptors (Lipinski definition) is 6. The van der Waals surface area contributed by atoms with Crippen molar-refractivity contribution in [3.8, 4) is 0 Å². The van der Waals surface area contributed by atoms with E-state index in [0.717, 1.165) is 31.2 Å². The predicted molar refractivity (Wildman–Crippen MR) is 95.9 cm³/mol. The average molecular weight is 354 g/mol. The van der Waals surface area contributed by atoms with Crippen molar-refractivity contribution in [1.82, 2.24) is 0 Å². The summed E-state index contributed by atoms with van der Waals surface area (Å²) in [7, 11) is 0. The molecule has 1 aromatic rings. The van der Waals surface area contributed by atoms with E-state index in [1.807, 2.05) is 18.2 Å². The van der Waals surface area contributed by atoms with Gasteiger partial charge in [0.2, 0.25) is 0 Å². The van der Waals surface area contributed by atoms with Gasteiger partial charge in [-0.1, -0.05) is 56.5 Å². The topological polar surface area (TPSA) is 121 Å². The second kappa shape index (κ2) is 11.2. The number of unbranched alkanes of at least 4 members (excludes halogenated alkanes) is 3. The summed E-state index contributed by atoms with van der Waals surface area (Å²) in [6.45, 7) is 1.33. The quantitative estimate of drug-likeness (QED) is 0.264. The lowest BCUT2D eigenvalue weighted by molar-refractivity contribution is -0.112. The Hall–Kier alpha value is -1.44. The minimum Gasteiger partial charge on any atom is -0.509 e. The van der Waals surface area contributed by atoms with Gasteiger partial charge >= 0.3 is 0 Å². The van der Waals surface area contributed by atoms with Crippen LogP contribution >= 0.6 is 0 Å². The smallest absolute Gasteiger partial charge is 0.139 e. The Labute approximate surface area is 148 Å². The second-order valence-corrected chi connectivity index (χ2v) is 6.22. The highest BCUT2D eigenvalue weighted by atomic mass is 16.4. The van der Waals surface area contributed by atoms with Crippen LogP contribution in [0.5, 0.6) is 0 Å². The number of hydrogen-bond donors (Lipinski definition) is 6. The Morgan fingerprint density at radius 2 is 1.56 bits per heavy atom. The number of aliphatic hydroxyl groups is 6. The van der Waals surface area contributed by atoms with Crippen LogP contribution in [0.2, 0.25) is 0 Å². The molecule has 6 heteroatoms. The van der Waals surface area contributed by atoms with Gasteiger partial charge in [-0.2, -0.15) is 0 Å². The Bertz CT molecular complexity index is 516. The van der Waals surface area contributed by atoms with Gasteiger partial charge in [-0.15, -0.1) is 0 Å². The Morgan fingerprint density at radius 3 is 2.12 bits per heavy atom. The highest BCUT2D eigenvalue weighted by Gasteiger charge is 2.33. The zero-order valence-electron chi connectivity index (χ0n) is 14.6. The van der Waals surface area contributed by atoms with Gasteiger partial charge in [0.1, 0.15) is 30.2 Å². The second-order valence-electron chi connectivity index (χ2n) is 6.22. The number of allylic oxidation sites excluding steroid dienone is 1. The zero-order chi connectivity index (χ0) is 18.8. The van der Waals surface area contributed by atoms with E-state index in [9.17, 15) is 25.5 Å². The third-order valence-electron chi connectivity index (χ3n) is 4.25. The molecule has 4 unspecified atom stereocenters. The van der Waals surface area contributed by atoms with Crippen LogP contribution in [-0.4, -0.2) is 61.7 Å². The molecule has 0 aliphatic heterocycles. The fourth-order valence-corrected chi connectivity index (χ4v) is 2.65. The van der Waals surface area contributed by atoms with Crippen LogP contribution in [-0.2, 0) is 0 Å². The monoisotopic (exact) mass is 354 g/mol.